The smallest absolute Gasteiger partial charge is 0.303 e. The number of unbranched alkanes of at least 4 members (excludes halogenated alkanes) is 8. The Morgan fingerprint density at radius 3 is 1.62 bits per heavy atom. The zero-order valence-electron chi connectivity index (χ0n) is 15.8. The minimum atomic E-state index is -0.702. The zero-order chi connectivity index (χ0) is 18.1. The van der Waals surface area contributed by atoms with E-state index in [4.69, 9.17) is 5.11 Å². The first-order valence-electron chi connectivity index (χ1n) is 9.66. The molecule has 0 heterocycles. The molecule has 0 fully saturated rings. The second-order valence-electron chi connectivity index (χ2n) is 7.28. The van der Waals surface area contributed by atoms with Gasteiger partial charge in [0.15, 0.2) is 0 Å². The van der Waals surface area contributed by atoms with Crippen LogP contribution in [0.5, 0.6) is 0 Å². The summed E-state index contributed by atoms with van der Waals surface area (Å²) in [5.41, 5.74) is -0.526. The van der Waals surface area contributed by atoms with E-state index < -0.39 is 11.6 Å². The summed E-state index contributed by atoms with van der Waals surface area (Å²) in [5, 5.41) is 18.1. The van der Waals surface area contributed by atoms with Crippen LogP contribution in [0.25, 0.3) is 0 Å². The molecule has 0 amide bonds. The quantitative estimate of drug-likeness (QED) is 0.267. The molecule has 0 saturated carbocycles. The number of carboxylic acid groups (broad SMARTS) is 1. The summed E-state index contributed by atoms with van der Waals surface area (Å²) in [5.74, 6) is -0.702. The van der Waals surface area contributed by atoms with Gasteiger partial charge in [-0.15, -0.1) is 0 Å². The molecule has 0 aromatic rings. The van der Waals surface area contributed by atoms with E-state index >= 15 is 0 Å². The van der Waals surface area contributed by atoms with Gasteiger partial charge in [0, 0.05) is 6.42 Å². The van der Waals surface area contributed by atoms with E-state index in [1.165, 1.54) is 38.5 Å². The fourth-order valence-electron chi connectivity index (χ4n) is 2.55. The maximum absolute atomic E-state index is 10.3. The van der Waals surface area contributed by atoms with Crippen LogP contribution in [0.3, 0.4) is 0 Å². The van der Waals surface area contributed by atoms with E-state index in [0.717, 1.165) is 38.5 Å². The molecule has 0 atom stereocenters. The normalized spacial score (nSPS) is 12.5. The molecule has 0 saturated heterocycles. The predicted molar refractivity (Wildman–Crippen MR) is 102 cm³/mol. The van der Waals surface area contributed by atoms with Crippen LogP contribution in [0.15, 0.2) is 24.3 Å². The number of aliphatic carboxylic acids is 1. The average Bonchev–Trinajstić information content (AvgIpc) is 2.49. The van der Waals surface area contributed by atoms with Crippen molar-refractivity contribution in [3.05, 3.63) is 24.3 Å². The Balaban J connectivity index is 3.22. The Morgan fingerprint density at radius 1 is 0.750 bits per heavy atom. The third-order valence-electron chi connectivity index (χ3n) is 4.00. The van der Waals surface area contributed by atoms with Crippen molar-refractivity contribution in [2.45, 2.75) is 103 Å². The number of hydrogen-bond acceptors (Lipinski definition) is 2. The molecule has 0 spiro atoms. The molecule has 0 aromatic carbocycles. The highest BCUT2D eigenvalue weighted by molar-refractivity contribution is 5.66. The van der Waals surface area contributed by atoms with Gasteiger partial charge in [0.2, 0.25) is 0 Å². The van der Waals surface area contributed by atoms with E-state index in [1.54, 1.807) is 0 Å². The number of rotatable bonds is 16. The van der Waals surface area contributed by atoms with Crippen molar-refractivity contribution in [2.75, 3.05) is 0 Å². The fourth-order valence-corrected chi connectivity index (χ4v) is 2.55. The summed E-state index contributed by atoms with van der Waals surface area (Å²) in [6.45, 7) is 3.73. The van der Waals surface area contributed by atoms with Gasteiger partial charge in [-0.25, -0.2) is 0 Å². The van der Waals surface area contributed by atoms with Gasteiger partial charge in [0.05, 0.1) is 5.60 Å². The van der Waals surface area contributed by atoms with Gasteiger partial charge >= 0.3 is 5.97 Å². The molecule has 0 rings (SSSR count). The highest BCUT2D eigenvalue weighted by atomic mass is 16.4. The monoisotopic (exact) mass is 338 g/mol. The molecule has 0 aromatic heterocycles. The number of aliphatic hydroxyl groups is 1. The summed E-state index contributed by atoms with van der Waals surface area (Å²) in [7, 11) is 0. The van der Waals surface area contributed by atoms with E-state index in [-0.39, 0.29) is 6.42 Å². The van der Waals surface area contributed by atoms with Crippen molar-refractivity contribution >= 4 is 5.97 Å². The maximum atomic E-state index is 10.3. The van der Waals surface area contributed by atoms with Crippen molar-refractivity contribution in [3.63, 3.8) is 0 Å². The predicted octanol–water partition coefficient (Wildman–Crippen LogP) is 6.03. The van der Waals surface area contributed by atoms with Gasteiger partial charge in [-0.05, 0) is 71.6 Å². The Labute approximate surface area is 148 Å². The molecule has 0 aliphatic carbocycles. The number of allylic oxidation sites excluding steroid dienone is 4. The largest absolute Gasteiger partial charge is 0.481 e. The third-order valence-corrected chi connectivity index (χ3v) is 4.00. The fraction of sp³-hybridized carbons (Fsp3) is 0.762. The van der Waals surface area contributed by atoms with Gasteiger partial charge in [-0.2, -0.15) is 0 Å². The summed E-state index contributed by atoms with van der Waals surface area (Å²) < 4.78 is 0. The van der Waals surface area contributed by atoms with Gasteiger partial charge in [0.1, 0.15) is 0 Å². The maximum Gasteiger partial charge on any atom is 0.303 e. The van der Waals surface area contributed by atoms with Gasteiger partial charge in [-0.3, -0.25) is 4.79 Å². The minimum Gasteiger partial charge on any atom is -0.481 e. The second-order valence-corrected chi connectivity index (χ2v) is 7.28. The lowest BCUT2D eigenvalue weighted by molar-refractivity contribution is -0.137. The summed E-state index contributed by atoms with van der Waals surface area (Å²) in [6.07, 6.45) is 22.4. The molecule has 140 valence electrons. The summed E-state index contributed by atoms with van der Waals surface area (Å²) in [4.78, 5) is 10.3. The molecule has 0 bridgehead atoms. The van der Waals surface area contributed by atoms with Gasteiger partial charge < -0.3 is 10.2 Å². The van der Waals surface area contributed by atoms with Crippen LogP contribution in [-0.4, -0.2) is 21.8 Å². The Hall–Kier alpha value is -1.09. The molecule has 0 radical (unpaired) electrons. The average molecular weight is 339 g/mol. The summed E-state index contributed by atoms with van der Waals surface area (Å²) in [6, 6.07) is 0. The zero-order valence-corrected chi connectivity index (χ0v) is 15.8. The lowest BCUT2D eigenvalue weighted by Gasteiger charge is -2.15. The molecule has 0 aliphatic rings. The Kier molecular flexibility index (Phi) is 14.7. The van der Waals surface area contributed by atoms with Crippen LogP contribution in [0.1, 0.15) is 97.3 Å². The van der Waals surface area contributed by atoms with E-state index in [1.807, 2.05) is 13.8 Å². The van der Waals surface area contributed by atoms with Crippen molar-refractivity contribution in [3.8, 4) is 0 Å². The van der Waals surface area contributed by atoms with Crippen LogP contribution >= 0.6 is 0 Å². The minimum absolute atomic E-state index is 0.276. The van der Waals surface area contributed by atoms with Crippen LogP contribution in [0.4, 0.5) is 0 Å². The Bertz CT molecular complexity index is 351. The molecule has 24 heavy (non-hydrogen) atoms. The second kappa shape index (κ2) is 15.4. The number of carboxylic acids is 1. The van der Waals surface area contributed by atoms with Gasteiger partial charge in [0.25, 0.3) is 0 Å². The first kappa shape index (κ1) is 22.9. The molecule has 0 aliphatic heterocycles. The molecule has 3 heteroatoms. The topological polar surface area (TPSA) is 57.5 Å². The summed E-state index contributed by atoms with van der Waals surface area (Å²) >= 11 is 0. The van der Waals surface area contributed by atoms with Gasteiger partial charge in [-0.1, -0.05) is 43.6 Å². The highest BCUT2D eigenvalue weighted by Gasteiger charge is 2.10. The first-order chi connectivity index (χ1) is 11.4. The lowest BCUT2D eigenvalue weighted by atomic mass is 10.0. The highest BCUT2D eigenvalue weighted by Crippen LogP contribution is 2.13. The van der Waals surface area contributed by atoms with Crippen LogP contribution in [0, 0.1) is 0 Å². The van der Waals surface area contributed by atoms with E-state index in [9.17, 15) is 9.90 Å². The number of hydrogen-bond donors (Lipinski definition) is 2. The molecule has 0 unspecified atom stereocenters. The lowest BCUT2D eigenvalue weighted by Crippen LogP contribution is -2.17. The first-order valence-corrected chi connectivity index (χ1v) is 9.66. The SMILES string of the molecule is CC(C)(O)CCC/C=C\CCCCCCC/C=C\CCCC(=O)O. The van der Waals surface area contributed by atoms with Crippen molar-refractivity contribution in [1.82, 2.24) is 0 Å². The van der Waals surface area contributed by atoms with Crippen LogP contribution < -0.4 is 0 Å². The molecule has 2 N–H and O–H groups in total. The van der Waals surface area contributed by atoms with E-state index in [0.29, 0.717) is 0 Å². The van der Waals surface area contributed by atoms with Crippen molar-refractivity contribution in [1.29, 1.82) is 0 Å². The van der Waals surface area contributed by atoms with Crippen LogP contribution in [0.2, 0.25) is 0 Å². The Morgan fingerprint density at radius 2 is 1.17 bits per heavy atom. The standard InChI is InChI=1S/C21H38O3/c1-21(2,24)19-17-15-13-11-9-7-5-3-4-6-8-10-12-14-16-18-20(22)23/h10-13,24H,3-9,14-19H2,1-2H3,(H,22,23)/b12-10-,13-11-. The van der Waals surface area contributed by atoms with Crippen molar-refractivity contribution < 1.29 is 15.0 Å². The third kappa shape index (κ3) is 20.9. The van der Waals surface area contributed by atoms with Crippen molar-refractivity contribution in [2.24, 2.45) is 0 Å². The molecular formula is C21H38O3. The van der Waals surface area contributed by atoms with E-state index in [2.05, 4.69) is 24.3 Å². The number of carbonyl (C=O) groups is 1. The molecule has 3 nitrogen and oxygen atoms in total. The van der Waals surface area contributed by atoms with Crippen LogP contribution in [-0.2, 0) is 4.79 Å². The molecular weight excluding hydrogens is 300 g/mol.